The normalized spacial score (nSPS) is 11.1. The summed E-state index contributed by atoms with van der Waals surface area (Å²) in [5.41, 5.74) is 3.18. The largest absolute Gasteiger partial charge is 0.383 e. The standard InChI is InChI=1S/C29H28Cl2FN3O3/c1-38-13-12-35(29(37)22-14-23(30)16-24(31)15-22)19-28(36)34(18-20-6-8-25(32)9-7-20)11-10-21-17-33-27-5-3-2-4-26(21)27/h2-9,14-17,33H,10-13,18-19H2,1H3. The zero-order valence-corrected chi connectivity index (χ0v) is 22.4. The van der Waals surface area contributed by atoms with Crippen molar-refractivity contribution in [3.63, 3.8) is 0 Å². The Hall–Kier alpha value is -3.39. The van der Waals surface area contributed by atoms with Gasteiger partial charge in [-0.1, -0.05) is 53.5 Å². The molecule has 9 heteroatoms. The molecule has 0 bridgehead atoms. The first-order chi connectivity index (χ1) is 18.3. The van der Waals surface area contributed by atoms with Gasteiger partial charge in [0.15, 0.2) is 0 Å². The van der Waals surface area contributed by atoms with Crippen LogP contribution in [0.15, 0.2) is 72.9 Å². The number of nitrogens with zero attached hydrogens (tertiary/aromatic N) is 2. The molecule has 4 rings (SSSR count). The van der Waals surface area contributed by atoms with Crippen molar-refractivity contribution in [3.05, 3.63) is 105 Å². The molecule has 0 aliphatic rings. The number of nitrogens with one attached hydrogen (secondary N) is 1. The summed E-state index contributed by atoms with van der Waals surface area (Å²) >= 11 is 12.2. The number of benzene rings is 3. The Bertz CT molecular complexity index is 1390. The molecule has 38 heavy (non-hydrogen) atoms. The number of H-pyrrole nitrogens is 1. The van der Waals surface area contributed by atoms with Crippen molar-refractivity contribution in [2.24, 2.45) is 0 Å². The molecule has 0 saturated heterocycles. The van der Waals surface area contributed by atoms with E-state index in [1.807, 2.05) is 30.5 Å². The lowest BCUT2D eigenvalue weighted by Gasteiger charge is -2.28. The highest BCUT2D eigenvalue weighted by Gasteiger charge is 2.23. The monoisotopic (exact) mass is 555 g/mol. The van der Waals surface area contributed by atoms with E-state index in [1.165, 1.54) is 36.3 Å². The molecule has 0 spiro atoms. The van der Waals surface area contributed by atoms with Gasteiger partial charge in [0.2, 0.25) is 5.91 Å². The number of rotatable bonds is 11. The zero-order chi connectivity index (χ0) is 27.1. The van der Waals surface area contributed by atoms with Gasteiger partial charge in [-0.25, -0.2) is 4.39 Å². The minimum Gasteiger partial charge on any atom is -0.383 e. The maximum absolute atomic E-state index is 13.6. The lowest BCUT2D eigenvalue weighted by Crippen LogP contribution is -2.44. The molecule has 0 unspecified atom stereocenters. The molecule has 0 aliphatic carbocycles. The highest BCUT2D eigenvalue weighted by molar-refractivity contribution is 6.35. The van der Waals surface area contributed by atoms with Crippen molar-refractivity contribution in [1.29, 1.82) is 0 Å². The Morgan fingerprint density at radius 3 is 2.37 bits per heavy atom. The second-order valence-corrected chi connectivity index (χ2v) is 9.80. The molecule has 1 aromatic heterocycles. The first-order valence-electron chi connectivity index (χ1n) is 12.2. The van der Waals surface area contributed by atoms with Crippen LogP contribution in [0.4, 0.5) is 4.39 Å². The Morgan fingerprint density at radius 2 is 1.66 bits per heavy atom. The van der Waals surface area contributed by atoms with Crippen LogP contribution in [0.2, 0.25) is 10.0 Å². The molecule has 1 N–H and O–H groups in total. The lowest BCUT2D eigenvalue weighted by atomic mass is 10.1. The third kappa shape index (κ3) is 7.13. The Labute approximate surface area is 230 Å². The van der Waals surface area contributed by atoms with E-state index in [0.29, 0.717) is 23.0 Å². The summed E-state index contributed by atoms with van der Waals surface area (Å²) in [4.78, 5) is 33.4. The van der Waals surface area contributed by atoms with Crippen LogP contribution in [0, 0.1) is 5.82 Å². The highest BCUT2D eigenvalue weighted by Crippen LogP contribution is 2.21. The van der Waals surface area contributed by atoms with Crippen molar-refractivity contribution >= 4 is 45.9 Å². The van der Waals surface area contributed by atoms with Gasteiger partial charge in [-0.3, -0.25) is 9.59 Å². The van der Waals surface area contributed by atoms with Gasteiger partial charge in [-0.05, 0) is 53.9 Å². The molecule has 198 valence electrons. The fourth-order valence-corrected chi connectivity index (χ4v) is 4.80. The van der Waals surface area contributed by atoms with E-state index >= 15 is 0 Å². The van der Waals surface area contributed by atoms with Crippen LogP contribution in [0.25, 0.3) is 10.9 Å². The number of aromatic nitrogens is 1. The molecule has 3 aromatic carbocycles. The van der Waals surface area contributed by atoms with Crippen LogP contribution in [-0.4, -0.2) is 59.9 Å². The molecule has 0 radical (unpaired) electrons. The summed E-state index contributed by atoms with van der Waals surface area (Å²) in [6.07, 6.45) is 2.55. The molecule has 0 atom stereocenters. The van der Waals surface area contributed by atoms with Crippen LogP contribution in [0.3, 0.4) is 0 Å². The molecule has 4 aromatic rings. The lowest BCUT2D eigenvalue weighted by molar-refractivity contribution is -0.132. The number of methoxy groups -OCH3 is 1. The summed E-state index contributed by atoms with van der Waals surface area (Å²) in [7, 11) is 1.53. The third-order valence-corrected chi connectivity index (χ3v) is 6.69. The van der Waals surface area contributed by atoms with E-state index in [-0.39, 0.29) is 49.4 Å². The van der Waals surface area contributed by atoms with Crippen molar-refractivity contribution in [2.75, 3.05) is 33.4 Å². The fraction of sp³-hybridized carbons (Fsp3) is 0.241. The number of ether oxygens (including phenoxy) is 1. The number of fused-ring (bicyclic) bond motifs is 1. The van der Waals surface area contributed by atoms with E-state index in [1.54, 1.807) is 23.1 Å². The second-order valence-electron chi connectivity index (χ2n) is 8.93. The Kier molecular flexibility index (Phi) is 9.39. The van der Waals surface area contributed by atoms with Crippen LogP contribution < -0.4 is 0 Å². The maximum atomic E-state index is 13.6. The molecule has 0 aliphatic heterocycles. The summed E-state index contributed by atoms with van der Waals surface area (Å²) in [5, 5.41) is 1.75. The van der Waals surface area contributed by atoms with Crippen LogP contribution in [-0.2, 0) is 22.5 Å². The van der Waals surface area contributed by atoms with E-state index in [0.717, 1.165) is 22.0 Å². The van der Waals surface area contributed by atoms with Gasteiger partial charge < -0.3 is 19.5 Å². The minimum absolute atomic E-state index is 0.165. The molecule has 2 amide bonds. The van der Waals surface area contributed by atoms with E-state index in [9.17, 15) is 14.0 Å². The number of hydrogen-bond acceptors (Lipinski definition) is 3. The predicted octanol–water partition coefficient (Wildman–Crippen LogP) is 5.97. The molecule has 0 saturated carbocycles. The van der Waals surface area contributed by atoms with Crippen molar-refractivity contribution < 1.29 is 18.7 Å². The molecule has 0 fully saturated rings. The average Bonchev–Trinajstić information content (AvgIpc) is 3.32. The number of aromatic amines is 1. The highest BCUT2D eigenvalue weighted by atomic mass is 35.5. The smallest absolute Gasteiger partial charge is 0.254 e. The fourth-order valence-electron chi connectivity index (χ4n) is 4.27. The number of carbonyl (C=O) groups excluding carboxylic acids is 2. The van der Waals surface area contributed by atoms with Gasteiger partial charge >= 0.3 is 0 Å². The number of para-hydroxylation sites is 1. The summed E-state index contributed by atoms with van der Waals surface area (Å²) in [6.45, 7) is 0.976. The van der Waals surface area contributed by atoms with Gasteiger partial charge in [0.25, 0.3) is 5.91 Å². The zero-order valence-electron chi connectivity index (χ0n) is 20.9. The minimum atomic E-state index is -0.377. The van der Waals surface area contributed by atoms with E-state index < -0.39 is 0 Å². The quantitative estimate of drug-likeness (QED) is 0.248. The van der Waals surface area contributed by atoms with Crippen LogP contribution in [0.5, 0.6) is 0 Å². The van der Waals surface area contributed by atoms with Crippen molar-refractivity contribution in [1.82, 2.24) is 14.8 Å². The van der Waals surface area contributed by atoms with Gasteiger partial charge in [0.05, 0.1) is 6.61 Å². The SMILES string of the molecule is COCCN(CC(=O)N(CCc1c[nH]c2ccccc12)Cc1ccc(F)cc1)C(=O)c1cc(Cl)cc(Cl)c1. The van der Waals surface area contributed by atoms with Crippen molar-refractivity contribution in [2.45, 2.75) is 13.0 Å². The predicted molar refractivity (Wildman–Crippen MR) is 148 cm³/mol. The van der Waals surface area contributed by atoms with Crippen LogP contribution in [0.1, 0.15) is 21.5 Å². The first-order valence-corrected chi connectivity index (χ1v) is 12.9. The van der Waals surface area contributed by atoms with Gasteiger partial charge in [0.1, 0.15) is 12.4 Å². The number of halogens is 3. The Morgan fingerprint density at radius 1 is 0.947 bits per heavy atom. The number of amides is 2. The molecular weight excluding hydrogens is 528 g/mol. The second kappa shape index (κ2) is 12.9. The summed E-state index contributed by atoms with van der Waals surface area (Å²) in [6, 6.07) is 18.6. The topological polar surface area (TPSA) is 65.6 Å². The maximum Gasteiger partial charge on any atom is 0.254 e. The number of carbonyl (C=O) groups is 2. The van der Waals surface area contributed by atoms with Gasteiger partial charge in [0, 0.05) is 59.5 Å². The molecule has 6 nitrogen and oxygen atoms in total. The first kappa shape index (κ1) is 27.6. The summed E-state index contributed by atoms with van der Waals surface area (Å²) in [5.74, 6) is -0.966. The molecular formula is C29H28Cl2FN3O3. The van der Waals surface area contributed by atoms with Gasteiger partial charge in [-0.2, -0.15) is 0 Å². The number of hydrogen-bond donors (Lipinski definition) is 1. The van der Waals surface area contributed by atoms with Crippen molar-refractivity contribution in [3.8, 4) is 0 Å². The van der Waals surface area contributed by atoms with E-state index in [4.69, 9.17) is 27.9 Å². The van der Waals surface area contributed by atoms with Crippen LogP contribution >= 0.6 is 23.2 Å². The molecule has 1 heterocycles. The van der Waals surface area contributed by atoms with E-state index in [2.05, 4.69) is 4.98 Å². The summed E-state index contributed by atoms with van der Waals surface area (Å²) < 4.78 is 18.7. The third-order valence-electron chi connectivity index (χ3n) is 6.25. The average molecular weight is 556 g/mol. The Balaban J connectivity index is 1.55. The van der Waals surface area contributed by atoms with Gasteiger partial charge in [-0.15, -0.1) is 0 Å².